The van der Waals surface area contributed by atoms with Crippen molar-refractivity contribution in [3.8, 4) is 0 Å². The first-order chi connectivity index (χ1) is 8.04. The number of aliphatic hydroxyl groups excluding tert-OH is 6. The van der Waals surface area contributed by atoms with Crippen molar-refractivity contribution in [1.82, 2.24) is 0 Å². The SMILES string of the molecule is OCC(O)C(O)C(O)C(O)CO.c1ccoc1. The predicted molar refractivity (Wildman–Crippen MR) is 56.9 cm³/mol. The molecule has 0 aliphatic carbocycles. The van der Waals surface area contributed by atoms with E-state index < -0.39 is 37.6 Å². The van der Waals surface area contributed by atoms with Gasteiger partial charge in [0.05, 0.1) is 25.7 Å². The molecule has 4 unspecified atom stereocenters. The highest BCUT2D eigenvalue weighted by molar-refractivity contribution is 4.80. The van der Waals surface area contributed by atoms with Crippen molar-refractivity contribution in [1.29, 1.82) is 0 Å². The van der Waals surface area contributed by atoms with E-state index in [0.717, 1.165) is 0 Å². The predicted octanol–water partition coefficient (Wildman–Crippen LogP) is -2.31. The molecule has 0 saturated carbocycles. The Kier molecular flexibility index (Phi) is 8.60. The van der Waals surface area contributed by atoms with Gasteiger partial charge in [-0.1, -0.05) is 0 Å². The molecule has 0 aromatic carbocycles. The molecule has 4 atom stereocenters. The number of hydrogen-bond acceptors (Lipinski definition) is 7. The van der Waals surface area contributed by atoms with Gasteiger partial charge >= 0.3 is 0 Å². The topological polar surface area (TPSA) is 135 Å². The minimum absolute atomic E-state index is 0.726. The van der Waals surface area contributed by atoms with Gasteiger partial charge in [0, 0.05) is 0 Å². The number of aliphatic hydroxyl groups is 6. The average Bonchev–Trinajstić information content (AvgIpc) is 2.93. The lowest BCUT2D eigenvalue weighted by Crippen LogP contribution is -2.46. The summed E-state index contributed by atoms with van der Waals surface area (Å²) in [6.07, 6.45) is -3.14. The molecule has 1 aromatic heterocycles. The second kappa shape index (κ2) is 9.11. The zero-order chi connectivity index (χ0) is 13.3. The maximum Gasteiger partial charge on any atom is 0.111 e. The third kappa shape index (κ3) is 6.37. The Morgan fingerprint density at radius 2 is 1.12 bits per heavy atom. The lowest BCUT2D eigenvalue weighted by atomic mass is 10.0. The zero-order valence-electron chi connectivity index (χ0n) is 9.12. The van der Waals surface area contributed by atoms with Crippen LogP contribution in [-0.2, 0) is 0 Å². The lowest BCUT2D eigenvalue weighted by molar-refractivity contribution is -0.123. The Hall–Kier alpha value is -0.960. The molecule has 7 heteroatoms. The highest BCUT2D eigenvalue weighted by atomic mass is 16.4. The van der Waals surface area contributed by atoms with Crippen molar-refractivity contribution in [2.75, 3.05) is 13.2 Å². The van der Waals surface area contributed by atoms with E-state index in [0.29, 0.717) is 0 Å². The minimum Gasteiger partial charge on any atom is -0.473 e. The lowest BCUT2D eigenvalue weighted by Gasteiger charge is -2.24. The van der Waals surface area contributed by atoms with Crippen LogP contribution in [0.15, 0.2) is 29.1 Å². The summed E-state index contributed by atoms with van der Waals surface area (Å²) in [6, 6.07) is 3.67. The molecule has 0 spiro atoms. The third-order valence-electron chi connectivity index (χ3n) is 1.94. The first kappa shape index (κ1) is 16.0. The van der Waals surface area contributed by atoms with Crippen LogP contribution in [0.1, 0.15) is 0 Å². The monoisotopic (exact) mass is 250 g/mol. The van der Waals surface area contributed by atoms with E-state index in [-0.39, 0.29) is 0 Å². The molecule has 6 N–H and O–H groups in total. The van der Waals surface area contributed by atoms with Crippen LogP contribution in [0.25, 0.3) is 0 Å². The van der Waals surface area contributed by atoms with Gasteiger partial charge in [0.2, 0.25) is 0 Å². The van der Waals surface area contributed by atoms with Crippen molar-refractivity contribution < 1.29 is 35.1 Å². The molecule has 0 saturated heterocycles. The van der Waals surface area contributed by atoms with E-state index >= 15 is 0 Å². The van der Waals surface area contributed by atoms with Gasteiger partial charge in [-0.25, -0.2) is 0 Å². The van der Waals surface area contributed by atoms with E-state index in [1.807, 2.05) is 12.1 Å². The Morgan fingerprint density at radius 3 is 1.29 bits per heavy atom. The standard InChI is InChI=1S/C6H14O6.C4H4O/c7-1-3(9)5(11)6(12)4(10)2-8;1-2-4-5-3-1/h3-12H,1-2H2;1-4H. The first-order valence-corrected chi connectivity index (χ1v) is 4.95. The Morgan fingerprint density at radius 1 is 0.765 bits per heavy atom. The van der Waals surface area contributed by atoms with Crippen LogP contribution in [0.4, 0.5) is 0 Å². The Bertz CT molecular complexity index is 220. The maximum absolute atomic E-state index is 8.96. The van der Waals surface area contributed by atoms with Gasteiger partial charge in [0.25, 0.3) is 0 Å². The molecule has 1 aromatic rings. The fourth-order valence-corrected chi connectivity index (χ4v) is 0.898. The van der Waals surface area contributed by atoms with Gasteiger partial charge in [-0.15, -0.1) is 0 Å². The highest BCUT2D eigenvalue weighted by Crippen LogP contribution is 2.03. The van der Waals surface area contributed by atoms with Crippen LogP contribution in [0.2, 0.25) is 0 Å². The molecule has 1 rings (SSSR count). The quantitative estimate of drug-likeness (QED) is 0.346. The second-order valence-electron chi connectivity index (χ2n) is 3.27. The Balaban J connectivity index is 0.000000419. The van der Waals surface area contributed by atoms with Gasteiger partial charge in [0.1, 0.15) is 24.4 Å². The summed E-state index contributed by atoms with van der Waals surface area (Å²) in [4.78, 5) is 0. The molecule has 0 radical (unpaired) electrons. The molecular formula is C10H18O7. The molecule has 7 nitrogen and oxygen atoms in total. The van der Waals surface area contributed by atoms with E-state index in [9.17, 15) is 0 Å². The van der Waals surface area contributed by atoms with Crippen molar-refractivity contribution in [2.24, 2.45) is 0 Å². The van der Waals surface area contributed by atoms with Crippen LogP contribution in [0, 0.1) is 0 Å². The zero-order valence-corrected chi connectivity index (χ0v) is 9.12. The van der Waals surface area contributed by atoms with Crippen molar-refractivity contribution in [2.45, 2.75) is 24.4 Å². The summed E-state index contributed by atoms with van der Waals surface area (Å²) in [5, 5.41) is 52.2. The van der Waals surface area contributed by atoms with Gasteiger partial charge in [0.15, 0.2) is 0 Å². The fourth-order valence-electron chi connectivity index (χ4n) is 0.898. The summed E-state index contributed by atoms with van der Waals surface area (Å²) in [5.41, 5.74) is 0. The summed E-state index contributed by atoms with van der Waals surface area (Å²) in [6.45, 7) is -1.45. The molecule has 0 aliphatic rings. The number of hydrogen-bond donors (Lipinski definition) is 6. The van der Waals surface area contributed by atoms with Gasteiger partial charge in [-0.3, -0.25) is 0 Å². The largest absolute Gasteiger partial charge is 0.473 e. The van der Waals surface area contributed by atoms with Gasteiger partial charge in [-0.2, -0.15) is 0 Å². The van der Waals surface area contributed by atoms with Crippen LogP contribution in [-0.4, -0.2) is 68.3 Å². The fraction of sp³-hybridized carbons (Fsp3) is 0.600. The van der Waals surface area contributed by atoms with Crippen LogP contribution < -0.4 is 0 Å². The molecular weight excluding hydrogens is 232 g/mol. The van der Waals surface area contributed by atoms with Crippen LogP contribution in [0.5, 0.6) is 0 Å². The van der Waals surface area contributed by atoms with E-state index in [4.69, 9.17) is 30.6 Å². The van der Waals surface area contributed by atoms with Crippen LogP contribution in [0.3, 0.4) is 0 Å². The van der Waals surface area contributed by atoms with Crippen LogP contribution >= 0.6 is 0 Å². The van der Waals surface area contributed by atoms with Crippen molar-refractivity contribution >= 4 is 0 Å². The molecule has 0 aliphatic heterocycles. The molecule has 0 amide bonds. The van der Waals surface area contributed by atoms with Gasteiger partial charge in [-0.05, 0) is 12.1 Å². The summed E-state index contributed by atoms with van der Waals surface area (Å²) in [7, 11) is 0. The number of rotatable bonds is 5. The van der Waals surface area contributed by atoms with E-state index in [1.54, 1.807) is 12.5 Å². The molecule has 0 fully saturated rings. The molecule has 100 valence electrons. The molecule has 1 heterocycles. The van der Waals surface area contributed by atoms with Crippen molar-refractivity contribution in [3.63, 3.8) is 0 Å². The van der Waals surface area contributed by atoms with Crippen molar-refractivity contribution in [3.05, 3.63) is 24.7 Å². The Labute approximate surface area is 98.2 Å². The normalized spacial score (nSPS) is 17.5. The highest BCUT2D eigenvalue weighted by Gasteiger charge is 2.29. The average molecular weight is 250 g/mol. The second-order valence-corrected chi connectivity index (χ2v) is 3.27. The van der Waals surface area contributed by atoms with E-state index in [2.05, 4.69) is 4.42 Å². The molecule has 17 heavy (non-hydrogen) atoms. The smallest absolute Gasteiger partial charge is 0.111 e. The third-order valence-corrected chi connectivity index (χ3v) is 1.94. The summed E-state index contributed by atoms with van der Waals surface area (Å²) < 4.78 is 4.58. The summed E-state index contributed by atoms with van der Waals surface area (Å²) >= 11 is 0. The minimum atomic E-state index is -1.67. The van der Waals surface area contributed by atoms with Gasteiger partial charge < -0.3 is 35.1 Å². The maximum atomic E-state index is 8.96. The molecule has 0 bridgehead atoms. The number of furan rings is 1. The summed E-state index contributed by atoms with van der Waals surface area (Å²) in [5.74, 6) is 0. The van der Waals surface area contributed by atoms with E-state index in [1.165, 1.54) is 0 Å². The first-order valence-electron chi connectivity index (χ1n) is 4.95.